The van der Waals surface area contributed by atoms with Crippen molar-refractivity contribution >= 4 is 29.1 Å². The van der Waals surface area contributed by atoms with Crippen LogP contribution in [0.4, 0.5) is 10.1 Å². The van der Waals surface area contributed by atoms with Crippen molar-refractivity contribution in [1.29, 1.82) is 0 Å². The first-order valence-corrected chi connectivity index (χ1v) is 6.34. The number of benzene rings is 1. The van der Waals surface area contributed by atoms with Gasteiger partial charge in [-0.25, -0.2) is 4.39 Å². The first-order valence-electron chi connectivity index (χ1n) is 5.80. The zero-order valence-corrected chi connectivity index (χ0v) is 11.6. The fourth-order valence-corrected chi connectivity index (χ4v) is 1.60. The SMILES string of the molecule is CC(CCl)C(=O)N(C)CC(=O)Nc1ccc(F)cc1. The van der Waals surface area contributed by atoms with Crippen LogP contribution in [0.2, 0.25) is 0 Å². The molecule has 0 saturated carbocycles. The Morgan fingerprint density at radius 3 is 2.47 bits per heavy atom. The lowest BCUT2D eigenvalue weighted by Crippen LogP contribution is -2.38. The average Bonchev–Trinajstić information content (AvgIpc) is 2.39. The van der Waals surface area contributed by atoms with E-state index in [1.165, 1.54) is 36.2 Å². The lowest BCUT2D eigenvalue weighted by molar-refractivity contribution is -0.135. The molecular weight excluding hydrogens is 271 g/mol. The highest BCUT2D eigenvalue weighted by molar-refractivity contribution is 6.19. The highest BCUT2D eigenvalue weighted by Gasteiger charge is 2.18. The summed E-state index contributed by atoms with van der Waals surface area (Å²) in [6.45, 7) is 1.63. The van der Waals surface area contributed by atoms with Gasteiger partial charge in [0.05, 0.1) is 6.54 Å². The molecule has 0 fully saturated rings. The number of halogens is 2. The van der Waals surface area contributed by atoms with Gasteiger partial charge in [-0.2, -0.15) is 0 Å². The van der Waals surface area contributed by atoms with Gasteiger partial charge < -0.3 is 10.2 Å². The Bertz CT molecular complexity index is 450. The number of likely N-dealkylation sites (N-methyl/N-ethyl adjacent to an activating group) is 1. The molecule has 1 atom stereocenters. The van der Waals surface area contributed by atoms with Crippen LogP contribution in [0.25, 0.3) is 0 Å². The second-order valence-corrected chi connectivity index (χ2v) is 4.61. The van der Waals surface area contributed by atoms with Crippen molar-refractivity contribution in [2.24, 2.45) is 5.92 Å². The summed E-state index contributed by atoms with van der Waals surface area (Å²) in [5.41, 5.74) is 0.484. The van der Waals surface area contributed by atoms with E-state index in [-0.39, 0.29) is 36.0 Å². The maximum atomic E-state index is 12.7. The summed E-state index contributed by atoms with van der Waals surface area (Å²) in [5, 5.41) is 2.58. The number of rotatable bonds is 5. The standard InChI is InChI=1S/C13H16ClFN2O2/c1-9(7-14)13(19)17(2)8-12(18)16-11-5-3-10(15)4-6-11/h3-6,9H,7-8H2,1-2H3,(H,16,18). The van der Waals surface area contributed by atoms with Crippen molar-refractivity contribution in [3.63, 3.8) is 0 Å². The van der Waals surface area contributed by atoms with Gasteiger partial charge in [-0.15, -0.1) is 11.6 Å². The summed E-state index contributed by atoms with van der Waals surface area (Å²) in [5.74, 6) is -1.03. The predicted octanol–water partition coefficient (Wildman–Crippen LogP) is 2.10. The summed E-state index contributed by atoms with van der Waals surface area (Å²) in [6, 6.07) is 5.41. The monoisotopic (exact) mass is 286 g/mol. The van der Waals surface area contributed by atoms with Crippen LogP contribution in [0.1, 0.15) is 6.92 Å². The van der Waals surface area contributed by atoms with E-state index in [1.54, 1.807) is 6.92 Å². The van der Waals surface area contributed by atoms with E-state index in [1.807, 2.05) is 0 Å². The smallest absolute Gasteiger partial charge is 0.243 e. The van der Waals surface area contributed by atoms with Gasteiger partial charge in [0.25, 0.3) is 0 Å². The lowest BCUT2D eigenvalue weighted by Gasteiger charge is -2.19. The Hall–Kier alpha value is -1.62. The van der Waals surface area contributed by atoms with E-state index in [2.05, 4.69) is 5.32 Å². The number of anilines is 1. The third kappa shape index (κ3) is 4.87. The van der Waals surface area contributed by atoms with Crippen LogP contribution in [-0.2, 0) is 9.59 Å². The zero-order chi connectivity index (χ0) is 14.4. The summed E-state index contributed by atoms with van der Waals surface area (Å²) in [7, 11) is 1.54. The molecule has 4 nitrogen and oxygen atoms in total. The minimum Gasteiger partial charge on any atom is -0.336 e. The first-order chi connectivity index (χ1) is 8.93. The third-order valence-electron chi connectivity index (χ3n) is 2.54. The molecule has 1 aromatic rings. The van der Waals surface area contributed by atoms with Crippen LogP contribution in [0.5, 0.6) is 0 Å². The summed E-state index contributed by atoms with van der Waals surface area (Å²) in [4.78, 5) is 24.7. The number of carbonyl (C=O) groups excluding carboxylic acids is 2. The fourth-order valence-electron chi connectivity index (χ4n) is 1.47. The number of carbonyl (C=O) groups is 2. The molecule has 0 bridgehead atoms. The summed E-state index contributed by atoms with van der Waals surface area (Å²) >= 11 is 5.59. The maximum absolute atomic E-state index is 12.7. The number of nitrogens with zero attached hydrogens (tertiary/aromatic N) is 1. The number of hydrogen-bond acceptors (Lipinski definition) is 2. The Balaban J connectivity index is 2.51. The van der Waals surface area contributed by atoms with Crippen molar-refractivity contribution in [3.05, 3.63) is 30.1 Å². The minimum atomic E-state index is -0.374. The lowest BCUT2D eigenvalue weighted by atomic mass is 10.2. The quantitative estimate of drug-likeness (QED) is 0.843. The molecule has 0 aromatic heterocycles. The van der Waals surface area contributed by atoms with Crippen LogP contribution < -0.4 is 5.32 Å². The Morgan fingerprint density at radius 1 is 1.37 bits per heavy atom. The van der Waals surface area contributed by atoms with Gasteiger partial charge in [-0.1, -0.05) is 6.92 Å². The van der Waals surface area contributed by atoms with E-state index in [0.717, 1.165) is 0 Å². The molecule has 0 aliphatic heterocycles. The van der Waals surface area contributed by atoms with E-state index in [9.17, 15) is 14.0 Å². The van der Waals surface area contributed by atoms with Gasteiger partial charge >= 0.3 is 0 Å². The van der Waals surface area contributed by atoms with Gasteiger partial charge in [-0.05, 0) is 24.3 Å². The van der Waals surface area contributed by atoms with Crippen LogP contribution in [0.15, 0.2) is 24.3 Å². The van der Waals surface area contributed by atoms with Crippen LogP contribution in [0, 0.1) is 11.7 Å². The van der Waals surface area contributed by atoms with E-state index in [0.29, 0.717) is 5.69 Å². The van der Waals surface area contributed by atoms with Crippen LogP contribution in [0.3, 0.4) is 0 Å². The molecule has 0 heterocycles. The molecule has 6 heteroatoms. The van der Waals surface area contributed by atoms with Gasteiger partial charge in [0, 0.05) is 24.5 Å². The predicted molar refractivity (Wildman–Crippen MR) is 72.6 cm³/mol. The molecule has 19 heavy (non-hydrogen) atoms. The molecule has 2 amide bonds. The molecule has 1 unspecified atom stereocenters. The summed E-state index contributed by atoms with van der Waals surface area (Å²) in [6.07, 6.45) is 0. The van der Waals surface area contributed by atoms with Crippen molar-refractivity contribution in [1.82, 2.24) is 4.90 Å². The molecule has 1 rings (SSSR count). The largest absolute Gasteiger partial charge is 0.336 e. The molecule has 0 spiro atoms. The number of amides is 2. The van der Waals surface area contributed by atoms with Crippen LogP contribution in [-0.4, -0.2) is 36.2 Å². The number of nitrogens with one attached hydrogen (secondary N) is 1. The van der Waals surface area contributed by atoms with E-state index in [4.69, 9.17) is 11.6 Å². The van der Waals surface area contributed by atoms with Crippen LogP contribution >= 0.6 is 11.6 Å². The molecule has 0 aliphatic rings. The topological polar surface area (TPSA) is 49.4 Å². The normalized spacial score (nSPS) is 11.8. The van der Waals surface area contributed by atoms with E-state index < -0.39 is 0 Å². The number of alkyl halides is 1. The molecule has 104 valence electrons. The Labute approximate surface area is 116 Å². The maximum Gasteiger partial charge on any atom is 0.243 e. The number of hydrogen-bond donors (Lipinski definition) is 1. The second-order valence-electron chi connectivity index (χ2n) is 4.30. The molecule has 1 N–H and O–H groups in total. The average molecular weight is 287 g/mol. The van der Waals surface area contributed by atoms with Gasteiger partial charge in [0.1, 0.15) is 5.82 Å². The molecule has 0 saturated heterocycles. The Kier molecular flexibility index (Phi) is 5.76. The van der Waals surface area contributed by atoms with Crippen molar-refractivity contribution in [2.45, 2.75) is 6.92 Å². The van der Waals surface area contributed by atoms with Gasteiger partial charge in [0.2, 0.25) is 11.8 Å². The highest BCUT2D eigenvalue weighted by atomic mass is 35.5. The zero-order valence-electron chi connectivity index (χ0n) is 10.8. The second kappa shape index (κ2) is 7.09. The fraction of sp³-hybridized carbons (Fsp3) is 0.385. The van der Waals surface area contributed by atoms with Gasteiger partial charge in [-0.3, -0.25) is 9.59 Å². The third-order valence-corrected chi connectivity index (χ3v) is 3.00. The van der Waals surface area contributed by atoms with Crippen molar-refractivity contribution in [3.8, 4) is 0 Å². The molecular formula is C13H16ClFN2O2. The molecule has 1 aromatic carbocycles. The minimum absolute atomic E-state index is 0.0720. The van der Waals surface area contributed by atoms with E-state index >= 15 is 0 Å². The highest BCUT2D eigenvalue weighted by Crippen LogP contribution is 2.08. The summed E-state index contributed by atoms with van der Waals surface area (Å²) < 4.78 is 12.7. The van der Waals surface area contributed by atoms with Crippen molar-refractivity contribution in [2.75, 3.05) is 24.8 Å². The molecule has 0 radical (unpaired) electrons. The molecule has 0 aliphatic carbocycles. The van der Waals surface area contributed by atoms with Gasteiger partial charge in [0.15, 0.2) is 0 Å². The van der Waals surface area contributed by atoms with Crippen molar-refractivity contribution < 1.29 is 14.0 Å². The first kappa shape index (κ1) is 15.4. The Morgan fingerprint density at radius 2 is 1.95 bits per heavy atom.